The quantitative estimate of drug-likeness (QED) is 0.381. The molecule has 0 N–H and O–H groups in total. The molecule has 0 aliphatic rings. The van der Waals surface area contributed by atoms with E-state index >= 15 is 0 Å². The van der Waals surface area contributed by atoms with E-state index in [1.54, 1.807) is 0 Å². The van der Waals surface area contributed by atoms with Crippen LogP contribution in [-0.4, -0.2) is 12.9 Å². The molecule has 0 aromatic heterocycles. The average Bonchev–Trinajstić information content (AvgIpc) is 1.69. The molecule has 0 unspecified atom stereocenters. The van der Waals surface area contributed by atoms with Gasteiger partial charge in [0, 0.05) is 6.42 Å². The van der Waals surface area contributed by atoms with Crippen LogP contribution in [0.3, 0.4) is 0 Å². The second-order valence-electron chi connectivity index (χ2n) is 1.37. The summed E-state index contributed by atoms with van der Waals surface area (Å²) in [6.45, 7) is -0.0478. The molecule has 0 aromatic rings. The van der Waals surface area contributed by atoms with E-state index in [1.165, 1.54) is 0 Å². The lowest BCUT2D eigenvalue weighted by Gasteiger charge is -1.83. The zero-order chi connectivity index (χ0) is 5.54. The normalized spacial score (nSPS) is 8.71. The van der Waals surface area contributed by atoms with E-state index in [0.717, 1.165) is 12.7 Å². The second-order valence-corrected chi connectivity index (χ2v) is 1.37. The van der Waals surface area contributed by atoms with Crippen molar-refractivity contribution < 1.29 is 9.90 Å². The van der Waals surface area contributed by atoms with Crippen LogP contribution < -0.4 is 0 Å². The van der Waals surface area contributed by atoms with Gasteiger partial charge in [0.05, 0.1) is 6.61 Å². The van der Waals surface area contributed by atoms with Gasteiger partial charge < -0.3 is 4.79 Å². The Hall–Kier alpha value is -0.370. The predicted octanol–water partition coefficient (Wildman–Crippen LogP) is 0.786. The highest BCUT2D eigenvalue weighted by molar-refractivity contribution is 5.48. The average molecular weight is 101 g/mol. The van der Waals surface area contributed by atoms with Crippen molar-refractivity contribution in [2.75, 3.05) is 6.61 Å². The van der Waals surface area contributed by atoms with Gasteiger partial charge in [0.1, 0.15) is 6.29 Å². The van der Waals surface area contributed by atoms with Crippen LogP contribution in [0.15, 0.2) is 0 Å². The van der Waals surface area contributed by atoms with Gasteiger partial charge in [0.15, 0.2) is 0 Å². The molecule has 2 nitrogen and oxygen atoms in total. The Morgan fingerprint density at radius 1 is 1.29 bits per heavy atom. The van der Waals surface area contributed by atoms with Gasteiger partial charge in [0.2, 0.25) is 0 Å². The van der Waals surface area contributed by atoms with Gasteiger partial charge in [-0.25, -0.2) is 5.11 Å². The Bertz CT molecular complexity index is 43.3. The third-order valence-corrected chi connectivity index (χ3v) is 0.716. The SMILES string of the molecule is [O]CCCCC=O. The first-order valence-electron chi connectivity index (χ1n) is 2.43. The molecule has 41 valence electrons. The predicted molar refractivity (Wildman–Crippen MR) is 25.5 cm³/mol. The van der Waals surface area contributed by atoms with E-state index < -0.39 is 0 Å². The van der Waals surface area contributed by atoms with Gasteiger partial charge in [-0.15, -0.1) is 0 Å². The second kappa shape index (κ2) is 5.63. The summed E-state index contributed by atoms with van der Waals surface area (Å²) in [6.07, 6.45) is 2.78. The van der Waals surface area contributed by atoms with Gasteiger partial charge in [0.25, 0.3) is 0 Å². The molecule has 0 aliphatic carbocycles. The summed E-state index contributed by atoms with van der Waals surface area (Å²) >= 11 is 0. The molecule has 1 radical (unpaired) electrons. The van der Waals surface area contributed by atoms with Gasteiger partial charge in [-0.05, 0) is 12.8 Å². The fraction of sp³-hybridized carbons (Fsp3) is 0.800. The Morgan fingerprint density at radius 3 is 2.43 bits per heavy atom. The number of unbranched alkanes of at least 4 members (excludes halogenated alkanes) is 2. The lowest BCUT2D eigenvalue weighted by molar-refractivity contribution is -0.107. The maximum atomic E-state index is 9.69. The number of carbonyl (C=O) groups excluding carboxylic acids is 1. The summed E-state index contributed by atoms with van der Waals surface area (Å²) in [5.74, 6) is 0. The van der Waals surface area contributed by atoms with Crippen LogP contribution in [0.4, 0.5) is 0 Å². The molecule has 0 bridgehead atoms. The number of aldehydes is 1. The molecule has 0 rings (SSSR count). The van der Waals surface area contributed by atoms with Crippen LogP contribution >= 0.6 is 0 Å². The summed E-state index contributed by atoms with van der Waals surface area (Å²) in [5, 5.41) is 9.69. The highest BCUT2D eigenvalue weighted by Gasteiger charge is 1.82. The third-order valence-electron chi connectivity index (χ3n) is 0.716. The zero-order valence-corrected chi connectivity index (χ0v) is 4.22. The van der Waals surface area contributed by atoms with Crippen LogP contribution in [0.5, 0.6) is 0 Å². The largest absolute Gasteiger partial charge is 0.303 e. The molecule has 7 heavy (non-hydrogen) atoms. The van der Waals surface area contributed by atoms with E-state index in [9.17, 15) is 9.90 Å². The van der Waals surface area contributed by atoms with Crippen LogP contribution in [0.2, 0.25) is 0 Å². The van der Waals surface area contributed by atoms with E-state index in [0.29, 0.717) is 12.8 Å². The molecule has 0 saturated carbocycles. The molecular weight excluding hydrogens is 92.1 g/mol. The zero-order valence-electron chi connectivity index (χ0n) is 4.22. The third kappa shape index (κ3) is 5.63. The van der Waals surface area contributed by atoms with Gasteiger partial charge >= 0.3 is 0 Å². The minimum Gasteiger partial charge on any atom is -0.303 e. The van der Waals surface area contributed by atoms with Crippen molar-refractivity contribution in [1.29, 1.82) is 0 Å². The van der Waals surface area contributed by atoms with Gasteiger partial charge in [-0.3, -0.25) is 0 Å². The summed E-state index contributed by atoms with van der Waals surface area (Å²) in [4.78, 5) is 9.58. The monoisotopic (exact) mass is 101 g/mol. The van der Waals surface area contributed by atoms with Gasteiger partial charge in [-0.2, -0.15) is 0 Å². The summed E-state index contributed by atoms with van der Waals surface area (Å²) in [7, 11) is 0. The minimum absolute atomic E-state index is 0.0478. The van der Waals surface area contributed by atoms with Crippen LogP contribution in [-0.2, 0) is 9.90 Å². The van der Waals surface area contributed by atoms with E-state index in [2.05, 4.69) is 0 Å². The molecule has 0 amide bonds. The van der Waals surface area contributed by atoms with Crippen molar-refractivity contribution in [2.24, 2.45) is 0 Å². The number of hydrogen-bond acceptors (Lipinski definition) is 1. The van der Waals surface area contributed by atoms with Crippen molar-refractivity contribution in [3.63, 3.8) is 0 Å². The minimum atomic E-state index is -0.0478. The first-order chi connectivity index (χ1) is 3.41. The first-order valence-corrected chi connectivity index (χ1v) is 2.43. The van der Waals surface area contributed by atoms with Crippen molar-refractivity contribution in [1.82, 2.24) is 0 Å². The van der Waals surface area contributed by atoms with Crippen LogP contribution in [0.1, 0.15) is 19.3 Å². The fourth-order valence-corrected chi connectivity index (χ4v) is 0.330. The maximum absolute atomic E-state index is 9.69. The molecular formula is C5H9O2. The van der Waals surface area contributed by atoms with Crippen molar-refractivity contribution in [3.8, 4) is 0 Å². The smallest absolute Gasteiger partial charge is 0.119 e. The molecule has 0 aliphatic heterocycles. The Labute approximate surface area is 43.2 Å². The topological polar surface area (TPSA) is 37.0 Å². The summed E-state index contributed by atoms with van der Waals surface area (Å²) in [6, 6.07) is 0. The van der Waals surface area contributed by atoms with E-state index in [4.69, 9.17) is 0 Å². The number of carbonyl (C=O) groups is 1. The fourth-order valence-electron chi connectivity index (χ4n) is 0.330. The van der Waals surface area contributed by atoms with Crippen molar-refractivity contribution in [3.05, 3.63) is 0 Å². The number of rotatable bonds is 4. The molecule has 0 atom stereocenters. The highest BCUT2D eigenvalue weighted by atomic mass is 16.2. The van der Waals surface area contributed by atoms with Crippen molar-refractivity contribution >= 4 is 6.29 Å². The highest BCUT2D eigenvalue weighted by Crippen LogP contribution is 1.88. The molecule has 0 fully saturated rings. The molecule has 0 saturated heterocycles. The number of hydrogen-bond donors (Lipinski definition) is 0. The standard InChI is InChI=1S/C5H9O2/c6-4-2-1-3-5-7/h4H,1-3,5H2. The molecule has 2 heteroatoms. The maximum Gasteiger partial charge on any atom is 0.119 e. The first kappa shape index (κ1) is 6.63. The molecule has 0 aromatic carbocycles. The Morgan fingerprint density at radius 2 is 2.00 bits per heavy atom. The van der Waals surface area contributed by atoms with Crippen molar-refractivity contribution in [2.45, 2.75) is 19.3 Å². The van der Waals surface area contributed by atoms with Crippen LogP contribution in [0.25, 0.3) is 0 Å². The summed E-state index contributed by atoms with van der Waals surface area (Å²) < 4.78 is 0. The van der Waals surface area contributed by atoms with E-state index in [1.807, 2.05) is 0 Å². The summed E-state index contributed by atoms with van der Waals surface area (Å²) in [5.41, 5.74) is 0. The Kier molecular flexibility index (Phi) is 5.33. The lowest BCUT2D eigenvalue weighted by Crippen LogP contribution is -1.80. The van der Waals surface area contributed by atoms with Gasteiger partial charge in [-0.1, -0.05) is 0 Å². The van der Waals surface area contributed by atoms with Crippen LogP contribution in [0, 0.1) is 0 Å². The van der Waals surface area contributed by atoms with E-state index in [-0.39, 0.29) is 6.61 Å². The lowest BCUT2D eigenvalue weighted by atomic mass is 10.3. The molecule has 0 heterocycles. The molecule has 0 spiro atoms. The Balaban J connectivity index is 2.56.